The minimum absolute atomic E-state index is 0.140. The van der Waals surface area contributed by atoms with Gasteiger partial charge in [0.15, 0.2) is 0 Å². The first-order valence-electron chi connectivity index (χ1n) is 5.18. The molecule has 17 heavy (non-hydrogen) atoms. The average Bonchev–Trinajstić information content (AvgIpc) is 2.35. The molecule has 0 fully saturated rings. The number of hydrogen-bond acceptors (Lipinski definition) is 4. The Bertz CT molecular complexity index is 458. The van der Waals surface area contributed by atoms with Crippen molar-refractivity contribution in [3.8, 4) is 0 Å². The van der Waals surface area contributed by atoms with Gasteiger partial charge in [-0.2, -0.15) is 4.31 Å². The Morgan fingerprint density at radius 1 is 1.35 bits per heavy atom. The molecule has 1 aromatic carbocycles. The van der Waals surface area contributed by atoms with Crippen molar-refractivity contribution in [2.24, 2.45) is 0 Å². The first-order valence-corrected chi connectivity index (χ1v) is 6.62. The Morgan fingerprint density at radius 2 is 2.00 bits per heavy atom. The van der Waals surface area contributed by atoms with Crippen LogP contribution in [0, 0.1) is 0 Å². The molecule has 0 aliphatic rings. The molecule has 0 spiro atoms. The molecule has 0 bridgehead atoms. The van der Waals surface area contributed by atoms with Crippen molar-refractivity contribution in [1.29, 1.82) is 0 Å². The summed E-state index contributed by atoms with van der Waals surface area (Å²) in [7, 11) is -0.556. The van der Waals surface area contributed by atoms with Crippen molar-refractivity contribution in [1.82, 2.24) is 4.31 Å². The summed E-state index contributed by atoms with van der Waals surface area (Å²) in [6.07, 6.45) is 0. The Kier molecular flexibility index (Phi) is 5.07. The lowest BCUT2D eigenvalue weighted by Crippen LogP contribution is -2.30. The molecular formula is C11H17NO4S. The van der Waals surface area contributed by atoms with E-state index in [4.69, 9.17) is 9.84 Å². The van der Waals surface area contributed by atoms with Crippen molar-refractivity contribution in [2.45, 2.75) is 11.5 Å². The molecule has 0 amide bonds. The Balaban J connectivity index is 3.04. The van der Waals surface area contributed by atoms with Crippen LogP contribution in [0.25, 0.3) is 0 Å². The van der Waals surface area contributed by atoms with Gasteiger partial charge in [-0.15, -0.1) is 0 Å². The first kappa shape index (κ1) is 14.1. The van der Waals surface area contributed by atoms with Crippen LogP contribution < -0.4 is 0 Å². The molecule has 1 N–H and O–H groups in total. The zero-order valence-electron chi connectivity index (χ0n) is 9.96. The summed E-state index contributed by atoms with van der Waals surface area (Å²) >= 11 is 0. The molecule has 5 nitrogen and oxygen atoms in total. The van der Waals surface area contributed by atoms with Crippen molar-refractivity contribution >= 4 is 10.0 Å². The zero-order valence-corrected chi connectivity index (χ0v) is 10.8. The van der Waals surface area contributed by atoms with Crippen LogP contribution in [0.3, 0.4) is 0 Å². The van der Waals surface area contributed by atoms with Crippen LogP contribution in [-0.2, 0) is 21.4 Å². The molecule has 0 aliphatic carbocycles. The van der Waals surface area contributed by atoms with E-state index in [1.54, 1.807) is 18.2 Å². The van der Waals surface area contributed by atoms with E-state index in [1.165, 1.54) is 24.5 Å². The highest BCUT2D eigenvalue weighted by atomic mass is 32.2. The molecule has 0 aromatic heterocycles. The highest BCUT2D eigenvalue weighted by molar-refractivity contribution is 7.89. The fourth-order valence-electron chi connectivity index (χ4n) is 1.39. The lowest BCUT2D eigenvalue weighted by atomic mass is 10.2. The van der Waals surface area contributed by atoms with Gasteiger partial charge in [-0.3, -0.25) is 0 Å². The van der Waals surface area contributed by atoms with Gasteiger partial charge in [-0.1, -0.05) is 18.2 Å². The molecule has 0 aliphatic heterocycles. The van der Waals surface area contributed by atoms with Crippen LogP contribution in [0.1, 0.15) is 5.56 Å². The monoisotopic (exact) mass is 259 g/mol. The minimum Gasteiger partial charge on any atom is -0.392 e. The predicted molar refractivity (Wildman–Crippen MR) is 64.1 cm³/mol. The number of aliphatic hydroxyl groups excluding tert-OH is 1. The summed E-state index contributed by atoms with van der Waals surface area (Å²) < 4.78 is 30.4. The SMILES string of the molecule is COCCN(C)S(=O)(=O)c1ccccc1CO. The van der Waals surface area contributed by atoms with Crippen LogP contribution in [-0.4, -0.2) is 45.1 Å². The fraction of sp³-hybridized carbons (Fsp3) is 0.455. The van der Waals surface area contributed by atoms with Crippen molar-refractivity contribution < 1.29 is 18.3 Å². The third-order valence-electron chi connectivity index (χ3n) is 2.44. The number of benzene rings is 1. The minimum atomic E-state index is -3.56. The van der Waals surface area contributed by atoms with E-state index in [0.29, 0.717) is 12.2 Å². The quantitative estimate of drug-likeness (QED) is 0.805. The average molecular weight is 259 g/mol. The summed E-state index contributed by atoms with van der Waals surface area (Å²) in [5.41, 5.74) is 0.400. The molecule has 0 heterocycles. The van der Waals surface area contributed by atoms with Gasteiger partial charge in [-0.25, -0.2) is 8.42 Å². The maximum Gasteiger partial charge on any atom is 0.243 e. The molecule has 0 atom stereocenters. The normalized spacial score (nSPS) is 12.0. The second-order valence-corrected chi connectivity index (χ2v) is 5.60. The van der Waals surface area contributed by atoms with Gasteiger partial charge >= 0.3 is 0 Å². The number of nitrogens with zero attached hydrogens (tertiary/aromatic N) is 1. The van der Waals surface area contributed by atoms with E-state index in [0.717, 1.165) is 0 Å². The molecule has 0 unspecified atom stereocenters. The molecular weight excluding hydrogens is 242 g/mol. The van der Waals surface area contributed by atoms with Crippen LogP contribution in [0.5, 0.6) is 0 Å². The molecule has 0 saturated heterocycles. The van der Waals surface area contributed by atoms with Crippen molar-refractivity contribution in [3.05, 3.63) is 29.8 Å². The van der Waals surface area contributed by atoms with E-state index in [9.17, 15) is 8.42 Å². The number of ether oxygens (including phenoxy) is 1. The van der Waals surface area contributed by atoms with Crippen molar-refractivity contribution in [2.75, 3.05) is 27.3 Å². The second kappa shape index (κ2) is 6.11. The lowest BCUT2D eigenvalue weighted by Gasteiger charge is -2.18. The molecule has 1 aromatic rings. The maximum absolute atomic E-state index is 12.2. The van der Waals surface area contributed by atoms with Gasteiger partial charge in [0.05, 0.1) is 18.1 Å². The van der Waals surface area contributed by atoms with Gasteiger partial charge in [-0.05, 0) is 11.6 Å². The highest BCUT2D eigenvalue weighted by Gasteiger charge is 2.22. The summed E-state index contributed by atoms with van der Waals surface area (Å²) in [6.45, 7) is 0.309. The van der Waals surface area contributed by atoms with Crippen LogP contribution in [0.15, 0.2) is 29.2 Å². The highest BCUT2D eigenvalue weighted by Crippen LogP contribution is 2.18. The Hall–Kier alpha value is -0.950. The molecule has 6 heteroatoms. The van der Waals surface area contributed by atoms with E-state index in [-0.39, 0.29) is 18.0 Å². The Labute approximate surface area is 102 Å². The van der Waals surface area contributed by atoms with E-state index in [1.807, 2.05) is 0 Å². The predicted octanol–water partition coefficient (Wildman–Crippen LogP) is 0.446. The second-order valence-electron chi connectivity index (χ2n) is 3.59. The van der Waals surface area contributed by atoms with E-state index < -0.39 is 10.0 Å². The summed E-state index contributed by atoms with van der Waals surface area (Å²) in [4.78, 5) is 0.140. The van der Waals surface area contributed by atoms with E-state index >= 15 is 0 Å². The molecule has 0 saturated carbocycles. The topological polar surface area (TPSA) is 66.8 Å². The standard InChI is InChI=1S/C11H17NO4S/c1-12(7-8-16-2)17(14,15)11-6-4-3-5-10(11)9-13/h3-6,13H,7-9H2,1-2H3. The molecule has 0 radical (unpaired) electrons. The largest absolute Gasteiger partial charge is 0.392 e. The lowest BCUT2D eigenvalue weighted by molar-refractivity contribution is 0.185. The number of likely N-dealkylation sites (N-methyl/N-ethyl adjacent to an activating group) is 1. The zero-order chi connectivity index (χ0) is 12.9. The maximum atomic E-state index is 12.2. The first-order chi connectivity index (χ1) is 8.04. The number of sulfonamides is 1. The smallest absolute Gasteiger partial charge is 0.243 e. The number of hydrogen-bond donors (Lipinski definition) is 1. The summed E-state index contributed by atoms with van der Waals surface area (Å²) in [6, 6.07) is 6.41. The van der Waals surface area contributed by atoms with Crippen LogP contribution in [0.2, 0.25) is 0 Å². The Morgan fingerprint density at radius 3 is 2.59 bits per heavy atom. The van der Waals surface area contributed by atoms with E-state index in [2.05, 4.69) is 0 Å². The number of aliphatic hydroxyl groups is 1. The van der Waals surface area contributed by atoms with Gasteiger partial charge in [0.2, 0.25) is 10.0 Å². The molecule has 1 rings (SSSR count). The van der Waals surface area contributed by atoms with Crippen LogP contribution in [0.4, 0.5) is 0 Å². The summed E-state index contributed by atoms with van der Waals surface area (Å²) in [5.74, 6) is 0. The molecule has 96 valence electrons. The third-order valence-corrected chi connectivity index (χ3v) is 4.40. The third kappa shape index (κ3) is 3.26. The van der Waals surface area contributed by atoms with Crippen molar-refractivity contribution in [3.63, 3.8) is 0 Å². The number of rotatable bonds is 6. The van der Waals surface area contributed by atoms with Gasteiger partial charge < -0.3 is 9.84 Å². The van der Waals surface area contributed by atoms with Gasteiger partial charge in [0, 0.05) is 20.7 Å². The van der Waals surface area contributed by atoms with Crippen LogP contribution >= 0.6 is 0 Å². The van der Waals surface area contributed by atoms with Gasteiger partial charge in [0.25, 0.3) is 0 Å². The fourth-order valence-corrected chi connectivity index (χ4v) is 2.76. The summed E-state index contributed by atoms with van der Waals surface area (Å²) in [5, 5.41) is 9.13. The number of methoxy groups -OCH3 is 1. The van der Waals surface area contributed by atoms with Gasteiger partial charge in [0.1, 0.15) is 0 Å².